The molecule has 0 saturated carbocycles. The fourth-order valence-corrected chi connectivity index (χ4v) is 4.95. The van der Waals surface area contributed by atoms with Crippen LogP contribution in [0.1, 0.15) is 26.3 Å². The van der Waals surface area contributed by atoms with E-state index >= 15 is 0 Å². The van der Waals surface area contributed by atoms with Crippen LogP contribution in [0.25, 0.3) is 32.6 Å². The van der Waals surface area contributed by atoms with Gasteiger partial charge in [-0.05, 0) is 56.0 Å². The van der Waals surface area contributed by atoms with Crippen LogP contribution >= 0.6 is 11.3 Å². The monoisotopic (exact) mass is 591 g/mol. The van der Waals surface area contributed by atoms with Crippen molar-refractivity contribution < 1.29 is 28.2 Å². The van der Waals surface area contributed by atoms with Gasteiger partial charge in [-0.15, -0.1) is 21.5 Å². The summed E-state index contributed by atoms with van der Waals surface area (Å²) < 4.78 is 31.6. The average Bonchev–Trinajstić information content (AvgIpc) is 3.42. The smallest absolute Gasteiger partial charge is 0.407 e. The van der Waals surface area contributed by atoms with Gasteiger partial charge in [0, 0.05) is 29.1 Å². The van der Waals surface area contributed by atoms with Crippen LogP contribution in [0.3, 0.4) is 0 Å². The summed E-state index contributed by atoms with van der Waals surface area (Å²) in [5.41, 5.74) is 2.68. The molecule has 0 spiro atoms. The first-order chi connectivity index (χ1) is 20.1. The highest BCUT2D eigenvalue weighted by Crippen LogP contribution is 2.39. The third kappa shape index (κ3) is 8.22. The molecule has 2 aromatic heterocycles. The van der Waals surface area contributed by atoms with Crippen molar-refractivity contribution in [2.75, 3.05) is 26.4 Å². The Bertz CT molecular complexity index is 1610. The molecule has 0 fully saturated rings. The molecule has 0 atom stereocenters. The van der Waals surface area contributed by atoms with Gasteiger partial charge in [-0.25, -0.2) is 9.18 Å². The Morgan fingerprint density at radius 3 is 2.64 bits per heavy atom. The van der Waals surface area contributed by atoms with Crippen LogP contribution in [0, 0.1) is 17.3 Å². The lowest BCUT2D eigenvalue weighted by atomic mass is 10.0. The molecule has 12 heteroatoms. The molecule has 4 rings (SSSR count). The molecule has 0 aliphatic carbocycles. The highest BCUT2D eigenvalue weighted by molar-refractivity contribution is 7.17. The lowest BCUT2D eigenvalue weighted by molar-refractivity contribution is -0.119. The summed E-state index contributed by atoms with van der Waals surface area (Å²) in [6, 6.07) is 13.5. The average molecular weight is 592 g/mol. The third-order valence-electron chi connectivity index (χ3n) is 5.74. The Labute approximate surface area is 246 Å². The highest BCUT2D eigenvalue weighted by Gasteiger charge is 2.19. The Balaban J connectivity index is 1.45. The second-order valence-corrected chi connectivity index (χ2v) is 11.0. The van der Waals surface area contributed by atoms with E-state index in [2.05, 4.69) is 20.8 Å². The van der Waals surface area contributed by atoms with E-state index in [4.69, 9.17) is 19.5 Å². The zero-order valence-electron chi connectivity index (χ0n) is 23.4. The number of halogens is 1. The van der Waals surface area contributed by atoms with Gasteiger partial charge in [0.25, 0.3) is 0 Å². The number of ether oxygens (including phenoxy) is 3. The van der Waals surface area contributed by atoms with E-state index in [1.54, 1.807) is 39.1 Å². The molecule has 4 aromatic rings. The molecular formula is C30H30FN5O5S. The summed E-state index contributed by atoms with van der Waals surface area (Å²) >= 11 is 1.47. The molecule has 0 radical (unpaired) electrons. The number of aromatic nitrogens is 2. The Morgan fingerprint density at radius 1 is 1.05 bits per heavy atom. The van der Waals surface area contributed by atoms with Gasteiger partial charge in [-0.2, -0.15) is 5.26 Å². The number of hydrogen-bond donors (Lipinski definition) is 2. The number of rotatable bonds is 11. The molecule has 2 heterocycles. The summed E-state index contributed by atoms with van der Waals surface area (Å²) in [6.07, 6.45) is 1.18. The number of hydrogen-bond acceptors (Lipinski definition) is 9. The van der Waals surface area contributed by atoms with Crippen LogP contribution in [0.5, 0.6) is 5.75 Å². The Kier molecular flexibility index (Phi) is 10.0. The van der Waals surface area contributed by atoms with E-state index in [0.29, 0.717) is 22.7 Å². The molecule has 10 nitrogen and oxygen atoms in total. The molecule has 218 valence electrons. The van der Waals surface area contributed by atoms with Crippen LogP contribution in [-0.2, 0) is 20.7 Å². The third-order valence-corrected chi connectivity index (χ3v) is 6.67. The van der Waals surface area contributed by atoms with Crippen LogP contribution in [-0.4, -0.2) is 54.2 Å². The maximum Gasteiger partial charge on any atom is 0.407 e. The van der Waals surface area contributed by atoms with Crippen molar-refractivity contribution in [1.82, 2.24) is 20.8 Å². The van der Waals surface area contributed by atoms with Gasteiger partial charge in [-0.1, -0.05) is 18.2 Å². The van der Waals surface area contributed by atoms with Crippen molar-refractivity contribution in [2.45, 2.75) is 32.8 Å². The standard InChI is InChI=1S/C30H30FN5O5S/c1-30(2,3)41-29(38)33-10-11-39-12-13-40-24-17-21(31)7-8-22(24)27-28-23(9-14-42-28)26(35-36-27)20-6-4-5-19(15-20)16-25(37)34-18-32/h4-9,14-15,17H,10-13,16H2,1-3H3,(H,33,38)(H,34,37). The van der Waals surface area contributed by atoms with E-state index in [-0.39, 0.29) is 32.8 Å². The topological polar surface area (TPSA) is 135 Å². The molecular weight excluding hydrogens is 561 g/mol. The van der Waals surface area contributed by atoms with Gasteiger partial charge in [0.2, 0.25) is 5.91 Å². The van der Waals surface area contributed by atoms with Crippen molar-refractivity contribution >= 4 is 33.4 Å². The molecule has 2 N–H and O–H groups in total. The molecule has 0 aliphatic heterocycles. The van der Waals surface area contributed by atoms with E-state index in [0.717, 1.165) is 21.2 Å². The number of benzene rings is 2. The zero-order chi connectivity index (χ0) is 30.1. The minimum Gasteiger partial charge on any atom is -0.490 e. The Hall–Kier alpha value is -4.60. The number of fused-ring (bicyclic) bond motifs is 1. The van der Waals surface area contributed by atoms with Gasteiger partial charge >= 0.3 is 6.09 Å². The fraction of sp³-hybridized carbons (Fsp3) is 0.300. The number of nitriles is 1. The molecule has 42 heavy (non-hydrogen) atoms. The van der Waals surface area contributed by atoms with Gasteiger partial charge < -0.3 is 19.5 Å². The number of carbonyl (C=O) groups excluding carboxylic acids is 2. The summed E-state index contributed by atoms with van der Waals surface area (Å²) in [7, 11) is 0. The van der Waals surface area contributed by atoms with Crippen LogP contribution in [0.15, 0.2) is 53.9 Å². The largest absolute Gasteiger partial charge is 0.490 e. The molecule has 0 unspecified atom stereocenters. The van der Waals surface area contributed by atoms with Gasteiger partial charge in [0.1, 0.15) is 35.2 Å². The minimum atomic E-state index is -0.579. The molecule has 0 saturated heterocycles. The number of nitrogens with zero attached hydrogens (tertiary/aromatic N) is 3. The maximum absolute atomic E-state index is 14.2. The SMILES string of the molecule is CC(C)(C)OC(=O)NCCOCCOc1cc(F)ccc1-c1nnc(-c2cccc(CC(=O)NC#N)c2)c2ccsc12. The molecule has 2 amide bonds. The number of alkyl carbamates (subject to hydrolysis) is 1. The first-order valence-electron chi connectivity index (χ1n) is 13.1. The Morgan fingerprint density at radius 2 is 1.86 bits per heavy atom. The summed E-state index contributed by atoms with van der Waals surface area (Å²) in [5, 5.41) is 25.2. The van der Waals surface area contributed by atoms with Crippen molar-refractivity contribution in [2.24, 2.45) is 0 Å². The second kappa shape index (κ2) is 13.8. The highest BCUT2D eigenvalue weighted by atomic mass is 32.1. The van der Waals surface area contributed by atoms with Gasteiger partial charge in [0.05, 0.1) is 24.3 Å². The zero-order valence-corrected chi connectivity index (χ0v) is 24.2. The maximum atomic E-state index is 14.2. The van der Waals surface area contributed by atoms with Crippen molar-refractivity contribution in [1.29, 1.82) is 5.26 Å². The van der Waals surface area contributed by atoms with E-state index in [1.165, 1.54) is 23.5 Å². The quantitative estimate of drug-likeness (QED) is 0.138. The molecule has 0 bridgehead atoms. The number of thiophene rings is 1. The fourth-order valence-electron chi connectivity index (χ4n) is 4.05. The summed E-state index contributed by atoms with van der Waals surface area (Å²) in [4.78, 5) is 23.6. The lowest BCUT2D eigenvalue weighted by Crippen LogP contribution is -2.34. The van der Waals surface area contributed by atoms with Gasteiger partial charge in [-0.3, -0.25) is 10.1 Å². The van der Waals surface area contributed by atoms with E-state index in [1.807, 2.05) is 29.6 Å². The molecule has 0 aliphatic rings. The normalized spacial score (nSPS) is 11.1. The second-order valence-electron chi connectivity index (χ2n) is 10.1. The lowest BCUT2D eigenvalue weighted by Gasteiger charge is -2.19. The predicted octanol–water partition coefficient (Wildman–Crippen LogP) is 5.22. The van der Waals surface area contributed by atoms with Gasteiger partial charge in [0.15, 0.2) is 6.19 Å². The number of amides is 2. The first-order valence-corrected chi connectivity index (χ1v) is 14.0. The van der Waals surface area contributed by atoms with Crippen molar-refractivity contribution in [3.63, 3.8) is 0 Å². The summed E-state index contributed by atoms with van der Waals surface area (Å²) in [5.74, 6) is -0.559. The minimum absolute atomic E-state index is 0.0555. The first kappa shape index (κ1) is 30.4. The van der Waals surface area contributed by atoms with Crippen LogP contribution < -0.4 is 15.4 Å². The number of nitrogens with one attached hydrogen (secondary N) is 2. The van der Waals surface area contributed by atoms with Crippen LogP contribution in [0.2, 0.25) is 0 Å². The van der Waals surface area contributed by atoms with E-state index in [9.17, 15) is 14.0 Å². The molecule has 2 aromatic carbocycles. The predicted molar refractivity (Wildman–Crippen MR) is 156 cm³/mol. The van der Waals surface area contributed by atoms with E-state index < -0.39 is 23.4 Å². The van der Waals surface area contributed by atoms with Crippen LogP contribution in [0.4, 0.5) is 9.18 Å². The number of carbonyl (C=O) groups is 2. The van der Waals surface area contributed by atoms with Crippen molar-refractivity contribution in [3.05, 3.63) is 65.3 Å². The summed E-state index contributed by atoms with van der Waals surface area (Å²) in [6.45, 7) is 6.24. The van der Waals surface area contributed by atoms with Crippen molar-refractivity contribution in [3.8, 4) is 34.5 Å².